The summed E-state index contributed by atoms with van der Waals surface area (Å²) >= 11 is 0. The standard InChI is InChI=1S/C9H11NO4/c1-5-8(11)7(13-2)4-6(10-5)9(12)14-3/h4,11H,1-3H3. The zero-order valence-corrected chi connectivity index (χ0v) is 8.20. The molecule has 0 unspecified atom stereocenters. The number of aromatic hydroxyl groups is 1. The number of nitrogens with zero attached hydrogens (tertiary/aromatic N) is 1. The summed E-state index contributed by atoms with van der Waals surface area (Å²) < 4.78 is 9.36. The Kier molecular flexibility index (Phi) is 2.91. The van der Waals surface area contributed by atoms with Gasteiger partial charge in [0.1, 0.15) is 0 Å². The van der Waals surface area contributed by atoms with E-state index in [2.05, 4.69) is 9.72 Å². The Bertz CT molecular complexity index is 362. The summed E-state index contributed by atoms with van der Waals surface area (Å²) in [5.41, 5.74) is 0.435. The first-order valence-corrected chi connectivity index (χ1v) is 3.93. The smallest absolute Gasteiger partial charge is 0.356 e. The van der Waals surface area contributed by atoms with Gasteiger partial charge in [-0.15, -0.1) is 0 Å². The fourth-order valence-corrected chi connectivity index (χ4v) is 1.00. The molecule has 0 atom stereocenters. The van der Waals surface area contributed by atoms with E-state index < -0.39 is 5.97 Å². The first-order valence-electron chi connectivity index (χ1n) is 3.93. The van der Waals surface area contributed by atoms with Crippen LogP contribution in [0.15, 0.2) is 6.07 Å². The molecule has 0 bridgehead atoms. The molecule has 1 aromatic heterocycles. The number of methoxy groups -OCH3 is 2. The van der Waals surface area contributed by atoms with Crippen molar-refractivity contribution in [2.24, 2.45) is 0 Å². The predicted molar refractivity (Wildman–Crippen MR) is 48.5 cm³/mol. The van der Waals surface area contributed by atoms with Crippen molar-refractivity contribution in [2.75, 3.05) is 14.2 Å². The molecule has 5 heteroatoms. The highest BCUT2D eigenvalue weighted by atomic mass is 16.5. The molecule has 1 heterocycles. The Hall–Kier alpha value is -1.78. The molecule has 0 saturated heterocycles. The maximum atomic E-state index is 11.1. The quantitative estimate of drug-likeness (QED) is 0.713. The Morgan fingerprint density at radius 3 is 2.64 bits per heavy atom. The molecule has 0 aliphatic heterocycles. The van der Waals surface area contributed by atoms with Gasteiger partial charge < -0.3 is 14.6 Å². The van der Waals surface area contributed by atoms with Gasteiger partial charge in [-0.05, 0) is 6.92 Å². The summed E-state index contributed by atoms with van der Waals surface area (Å²) in [6, 6.07) is 1.33. The van der Waals surface area contributed by atoms with Gasteiger partial charge in [-0.3, -0.25) is 0 Å². The third kappa shape index (κ3) is 1.76. The average Bonchev–Trinajstić information content (AvgIpc) is 2.20. The van der Waals surface area contributed by atoms with Crippen molar-refractivity contribution in [3.63, 3.8) is 0 Å². The van der Waals surface area contributed by atoms with Crippen molar-refractivity contribution in [1.29, 1.82) is 0 Å². The minimum Gasteiger partial charge on any atom is -0.503 e. The number of carbonyl (C=O) groups excluding carboxylic acids is 1. The molecule has 0 aromatic carbocycles. The average molecular weight is 197 g/mol. The second-order valence-corrected chi connectivity index (χ2v) is 2.64. The monoisotopic (exact) mass is 197 g/mol. The van der Waals surface area contributed by atoms with Crippen molar-refractivity contribution < 1.29 is 19.4 Å². The van der Waals surface area contributed by atoms with E-state index in [9.17, 15) is 9.90 Å². The maximum Gasteiger partial charge on any atom is 0.356 e. The summed E-state index contributed by atoms with van der Waals surface area (Å²) in [6.07, 6.45) is 0. The molecule has 14 heavy (non-hydrogen) atoms. The van der Waals surface area contributed by atoms with Crippen molar-refractivity contribution in [1.82, 2.24) is 4.98 Å². The van der Waals surface area contributed by atoms with Crippen molar-refractivity contribution in [3.8, 4) is 11.5 Å². The highest BCUT2D eigenvalue weighted by Gasteiger charge is 2.14. The van der Waals surface area contributed by atoms with E-state index in [0.29, 0.717) is 5.69 Å². The molecule has 76 valence electrons. The van der Waals surface area contributed by atoms with Crippen LogP contribution in [0.4, 0.5) is 0 Å². The number of hydrogen-bond acceptors (Lipinski definition) is 5. The Balaban J connectivity index is 3.22. The van der Waals surface area contributed by atoms with Crippen LogP contribution in [0, 0.1) is 6.92 Å². The second-order valence-electron chi connectivity index (χ2n) is 2.64. The lowest BCUT2D eigenvalue weighted by atomic mass is 10.2. The van der Waals surface area contributed by atoms with Crippen LogP contribution < -0.4 is 4.74 Å². The minimum atomic E-state index is -0.564. The molecule has 0 saturated carbocycles. The highest BCUT2D eigenvalue weighted by molar-refractivity contribution is 5.88. The number of rotatable bonds is 2. The van der Waals surface area contributed by atoms with E-state index in [1.54, 1.807) is 6.92 Å². The van der Waals surface area contributed by atoms with E-state index in [1.165, 1.54) is 20.3 Å². The molecular formula is C9H11NO4. The number of esters is 1. The van der Waals surface area contributed by atoms with Gasteiger partial charge in [-0.2, -0.15) is 0 Å². The van der Waals surface area contributed by atoms with Crippen LogP contribution in [0.5, 0.6) is 11.5 Å². The molecule has 1 aromatic rings. The Labute approximate surface area is 81.3 Å². The first-order chi connectivity index (χ1) is 6.60. The Morgan fingerprint density at radius 2 is 2.14 bits per heavy atom. The van der Waals surface area contributed by atoms with E-state index in [-0.39, 0.29) is 17.2 Å². The molecule has 1 rings (SSSR count). The number of ether oxygens (including phenoxy) is 2. The van der Waals surface area contributed by atoms with Crippen molar-refractivity contribution in [2.45, 2.75) is 6.92 Å². The molecule has 0 aliphatic rings. The van der Waals surface area contributed by atoms with Crippen LogP contribution in [-0.4, -0.2) is 30.3 Å². The lowest BCUT2D eigenvalue weighted by Crippen LogP contribution is -2.05. The third-order valence-electron chi connectivity index (χ3n) is 1.75. The van der Waals surface area contributed by atoms with Gasteiger partial charge >= 0.3 is 5.97 Å². The zero-order chi connectivity index (χ0) is 10.7. The largest absolute Gasteiger partial charge is 0.503 e. The van der Waals surface area contributed by atoms with Crippen LogP contribution in [0.2, 0.25) is 0 Å². The highest BCUT2D eigenvalue weighted by Crippen LogP contribution is 2.28. The molecule has 1 N–H and O–H groups in total. The number of carbonyl (C=O) groups is 1. The Morgan fingerprint density at radius 1 is 1.50 bits per heavy atom. The topological polar surface area (TPSA) is 68.7 Å². The molecular weight excluding hydrogens is 186 g/mol. The molecule has 0 amide bonds. The first kappa shape index (κ1) is 10.3. The fourth-order valence-electron chi connectivity index (χ4n) is 1.00. The lowest BCUT2D eigenvalue weighted by molar-refractivity contribution is 0.0593. The van der Waals surface area contributed by atoms with Crippen LogP contribution in [0.25, 0.3) is 0 Å². The summed E-state index contributed by atoms with van der Waals surface area (Å²) in [5, 5.41) is 9.44. The molecule has 0 radical (unpaired) electrons. The predicted octanol–water partition coefficient (Wildman–Crippen LogP) is 0.891. The lowest BCUT2D eigenvalue weighted by Gasteiger charge is -2.07. The van der Waals surface area contributed by atoms with Gasteiger partial charge in [0.15, 0.2) is 17.2 Å². The van der Waals surface area contributed by atoms with E-state index in [1.807, 2.05) is 0 Å². The maximum absolute atomic E-state index is 11.1. The van der Waals surface area contributed by atoms with Crippen molar-refractivity contribution in [3.05, 3.63) is 17.5 Å². The zero-order valence-electron chi connectivity index (χ0n) is 8.20. The molecule has 0 aliphatic carbocycles. The van der Waals surface area contributed by atoms with Crippen molar-refractivity contribution >= 4 is 5.97 Å². The third-order valence-corrected chi connectivity index (χ3v) is 1.75. The van der Waals surface area contributed by atoms with Gasteiger partial charge in [0.05, 0.1) is 19.9 Å². The summed E-state index contributed by atoms with van der Waals surface area (Å²) in [6.45, 7) is 1.57. The summed E-state index contributed by atoms with van der Waals surface area (Å²) in [4.78, 5) is 15.0. The minimum absolute atomic E-state index is 0.0693. The number of aryl methyl sites for hydroxylation is 1. The van der Waals surface area contributed by atoms with Gasteiger partial charge in [-0.25, -0.2) is 9.78 Å². The number of hydrogen-bond donors (Lipinski definition) is 1. The summed E-state index contributed by atoms with van der Waals surface area (Å²) in [7, 11) is 2.66. The SMILES string of the molecule is COC(=O)c1cc(OC)c(O)c(C)n1. The van der Waals surface area contributed by atoms with Crippen LogP contribution >= 0.6 is 0 Å². The van der Waals surface area contributed by atoms with Gasteiger partial charge in [0, 0.05) is 6.07 Å². The summed E-state index contributed by atoms with van der Waals surface area (Å²) in [5.74, 6) is -0.426. The number of aromatic nitrogens is 1. The van der Waals surface area contributed by atoms with Gasteiger partial charge in [0.25, 0.3) is 0 Å². The van der Waals surface area contributed by atoms with Crippen LogP contribution in [0.3, 0.4) is 0 Å². The van der Waals surface area contributed by atoms with E-state index >= 15 is 0 Å². The van der Waals surface area contributed by atoms with E-state index in [4.69, 9.17) is 4.74 Å². The normalized spacial score (nSPS) is 9.64. The fraction of sp³-hybridized carbons (Fsp3) is 0.333. The molecule has 0 fully saturated rings. The van der Waals surface area contributed by atoms with E-state index in [0.717, 1.165) is 0 Å². The molecule has 0 spiro atoms. The van der Waals surface area contributed by atoms with Gasteiger partial charge in [-0.1, -0.05) is 0 Å². The second kappa shape index (κ2) is 3.95. The van der Waals surface area contributed by atoms with Crippen LogP contribution in [0.1, 0.15) is 16.2 Å². The number of pyridine rings is 1. The molecule has 5 nitrogen and oxygen atoms in total. The van der Waals surface area contributed by atoms with Crippen LogP contribution in [-0.2, 0) is 4.74 Å². The van der Waals surface area contributed by atoms with Gasteiger partial charge in [0.2, 0.25) is 0 Å².